The van der Waals surface area contributed by atoms with Gasteiger partial charge in [-0.2, -0.15) is 0 Å². The zero-order valence-corrected chi connectivity index (χ0v) is 12.6. The number of non-ortho nitro benzene ring substituents is 1. The van der Waals surface area contributed by atoms with Crippen LogP contribution in [0.3, 0.4) is 0 Å². The predicted octanol–water partition coefficient (Wildman–Crippen LogP) is 2.55. The van der Waals surface area contributed by atoms with Crippen LogP contribution < -0.4 is 9.46 Å². The molecule has 0 unspecified atom stereocenters. The van der Waals surface area contributed by atoms with E-state index in [4.69, 9.17) is 4.74 Å². The molecular weight excluding hydrogens is 327 g/mol. The van der Waals surface area contributed by atoms with E-state index in [0.717, 1.165) is 6.07 Å². The zero-order chi connectivity index (χ0) is 16.9. The minimum atomic E-state index is -3.73. The van der Waals surface area contributed by atoms with Crippen LogP contribution in [0.2, 0.25) is 0 Å². The Morgan fingerprint density at radius 2 is 1.87 bits per heavy atom. The molecule has 7 nitrogen and oxygen atoms in total. The number of nitro groups is 1. The SMILES string of the molecule is O=[N+]([O-])c1cccc(NS(=O)(=O)CCOc2ccc(F)cc2)c1. The van der Waals surface area contributed by atoms with Crippen LogP contribution in [0, 0.1) is 15.9 Å². The molecule has 9 heteroatoms. The Morgan fingerprint density at radius 1 is 1.17 bits per heavy atom. The number of ether oxygens (including phenoxy) is 1. The van der Waals surface area contributed by atoms with Gasteiger partial charge in [-0.1, -0.05) is 6.07 Å². The predicted molar refractivity (Wildman–Crippen MR) is 82.4 cm³/mol. The topological polar surface area (TPSA) is 98.5 Å². The molecule has 0 fully saturated rings. The third kappa shape index (κ3) is 5.22. The van der Waals surface area contributed by atoms with E-state index in [2.05, 4.69) is 4.72 Å². The minimum absolute atomic E-state index is 0.0981. The first-order valence-electron chi connectivity index (χ1n) is 6.49. The van der Waals surface area contributed by atoms with Gasteiger partial charge in [-0.15, -0.1) is 0 Å². The van der Waals surface area contributed by atoms with Crippen LogP contribution in [0.1, 0.15) is 0 Å². The van der Waals surface area contributed by atoms with E-state index in [1.54, 1.807) is 0 Å². The second kappa shape index (κ2) is 7.05. The number of benzene rings is 2. The van der Waals surface area contributed by atoms with Crippen molar-refractivity contribution in [3.8, 4) is 5.75 Å². The fourth-order valence-electron chi connectivity index (χ4n) is 1.71. The Morgan fingerprint density at radius 3 is 2.52 bits per heavy atom. The van der Waals surface area contributed by atoms with E-state index in [9.17, 15) is 22.9 Å². The van der Waals surface area contributed by atoms with Crippen LogP contribution in [0.25, 0.3) is 0 Å². The molecule has 0 aliphatic carbocycles. The van der Waals surface area contributed by atoms with Crippen LogP contribution in [-0.2, 0) is 10.0 Å². The van der Waals surface area contributed by atoms with Crippen molar-refractivity contribution in [2.24, 2.45) is 0 Å². The molecule has 0 aliphatic rings. The van der Waals surface area contributed by atoms with Gasteiger partial charge < -0.3 is 4.74 Å². The van der Waals surface area contributed by atoms with Gasteiger partial charge in [0, 0.05) is 12.1 Å². The highest BCUT2D eigenvalue weighted by Crippen LogP contribution is 2.18. The Labute approximate surface area is 131 Å². The Kier molecular flexibility index (Phi) is 5.12. The lowest BCUT2D eigenvalue weighted by atomic mass is 10.3. The van der Waals surface area contributed by atoms with Gasteiger partial charge in [0.25, 0.3) is 5.69 Å². The van der Waals surface area contributed by atoms with Crippen molar-refractivity contribution < 1.29 is 22.5 Å². The molecule has 0 amide bonds. The maximum atomic E-state index is 12.7. The number of nitrogens with one attached hydrogen (secondary N) is 1. The molecule has 0 spiro atoms. The van der Waals surface area contributed by atoms with Gasteiger partial charge in [0.05, 0.1) is 10.6 Å². The fourth-order valence-corrected chi connectivity index (χ4v) is 2.60. The summed E-state index contributed by atoms with van der Waals surface area (Å²) in [5.74, 6) is -0.429. The van der Waals surface area contributed by atoms with Gasteiger partial charge in [-0.05, 0) is 30.3 Å². The summed E-state index contributed by atoms with van der Waals surface area (Å²) in [4.78, 5) is 10.0. The number of hydrogen-bond acceptors (Lipinski definition) is 5. The molecule has 23 heavy (non-hydrogen) atoms. The largest absolute Gasteiger partial charge is 0.492 e. The number of halogens is 1. The second-order valence-corrected chi connectivity index (χ2v) is 6.37. The average molecular weight is 340 g/mol. The van der Waals surface area contributed by atoms with E-state index in [1.807, 2.05) is 0 Å². The normalized spacial score (nSPS) is 11.0. The van der Waals surface area contributed by atoms with Crippen molar-refractivity contribution in [3.63, 3.8) is 0 Å². The van der Waals surface area contributed by atoms with Gasteiger partial charge >= 0.3 is 0 Å². The van der Waals surface area contributed by atoms with E-state index < -0.39 is 20.8 Å². The molecule has 0 heterocycles. The lowest BCUT2D eigenvalue weighted by molar-refractivity contribution is -0.384. The van der Waals surface area contributed by atoms with Crippen molar-refractivity contribution in [3.05, 3.63) is 64.5 Å². The van der Waals surface area contributed by atoms with Crippen LogP contribution in [0.4, 0.5) is 15.8 Å². The molecule has 0 radical (unpaired) electrons. The third-order valence-corrected chi connectivity index (χ3v) is 4.02. The summed E-state index contributed by atoms with van der Waals surface area (Å²) in [5, 5.41) is 10.7. The first kappa shape index (κ1) is 16.7. The molecule has 0 saturated heterocycles. The summed E-state index contributed by atoms with van der Waals surface area (Å²) in [6.07, 6.45) is 0. The smallest absolute Gasteiger partial charge is 0.271 e. The van der Waals surface area contributed by atoms with Gasteiger partial charge in [0.1, 0.15) is 23.9 Å². The maximum absolute atomic E-state index is 12.7. The summed E-state index contributed by atoms with van der Waals surface area (Å²) in [7, 11) is -3.73. The molecular formula is C14H13FN2O5S. The highest BCUT2D eigenvalue weighted by atomic mass is 32.2. The van der Waals surface area contributed by atoms with Gasteiger partial charge in [-0.25, -0.2) is 12.8 Å². The molecule has 0 aliphatic heterocycles. The summed E-state index contributed by atoms with van der Waals surface area (Å²) in [5.41, 5.74) is -0.117. The summed E-state index contributed by atoms with van der Waals surface area (Å²) in [6.45, 7) is -0.143. The minimum Gasteiger partial charge on any atom is -0.492 e. The van der Waals surface area contributed by atoms with Gasteiger partial charge in [0.15, 0.2) is 0 Å². The third-order valence-electron chi connectivity index (χ3n) is 2.76. The first-order valence-corrected chi connectivity index (χ1v) is 8.14. The lowest BCUT2D eigenvalue weighted by Crippen LogP contribution is -2.21. The van der Waals surface area contributed by atoms with Crippen LogP contribution >= 0.6 is 0 Å². The summed E-state index contributed by atoms with van der Waals surface area (Å²) < 4.78 is 44.0. The number of hydrogen-bond donors (Lipinski definition) is 1. The molecule has 0 aromatic heterocycles. The quantitative estimate of drug-likeness (QED) is 0.617. The standard InChI is InChI=1S/C14H13FN2O5S/c15-11-4-6-14(7-5-11)22-8-9-23(20,21)16-12-2-1-3-13(10-12)17(18)19/h1-7,10,16H,8-9H2. The van der Waals surface area contributed by atoms with Crippen LogP contribution in [0.5, 0.6) is 5.75 Å². The van der Waals surface area contributed by atoms with E-state index in [-0.39, 0.29) is 23.7 Å². The van der Waals surface area contributed by atoms with Crippen molar-refractivity contribution in [1.82, 2.24) is 0 Å². The summed E-state index contributed by atoms with van der Waals surface area (Å²) >= 11 is 0. The van der Waals surface area contributed by atoms with Crippen molar-refractivity contribution in [2.45, 2.75) is 0 Å². The highest BCUT2D eigenvalue weighted by Gasteiger charge is 2.13. The number of anilines is 1. The average Bonchev–Trinajstić information content (AvgIpc) is 2.49. The molecule has 0 saturated carbocycles. The number of nitrogens with zero attached hydrogens (tertiary/aromatic N) is 1. The van der Waals surface area contributed by atoms with Crippen molar-refractivity contribution in [2.75, 3.05) is 17.1 Å². The van der Waals surface area contributed by atoms with Crippen LogP contribution in [0.15, 0.2) is 48.5 Å². The Bertz CT molecular complexity index is 793. The van der Waals surface area contributed by atoms with E-state index in [0.29, 0.717) is 5.75 Å². The second-order valence-electron chi connectivity index (χ2n) is 4.53. The number of rotatable bonds is 7. The molecule has 0 bridgehead atoms. The number of nitro benzene ring substituents is 1. The molecule has 122 valence electrons. The highest BCUT2D eigenvalue weighted by molar-refractivity contribution is 7.92. The monoisotopic (exact) mass is 340 g/mol. The Hall–Kier alpha value is -2.68. The maximum Gasteiger partial charge on any atom is 0.271 e. The van der Waals surface area contributed by atoms with E-state index in [1.165, 1.54) is 42.5 Å². The fraction of sp³-hybridized carbons (Fsp3) is 0.143. The summed E-state index contributed by atoms with van der Waals surface area (Å²) in [6, 6.07) is 10.3. The molecule has 2 rings (SSSR count). The molecule has 2 aromatic carbocycles. The zero-order valence-electron chi connectivity index (χ0n) is 11.8. The van der Waals surface area contributed by atoms with Crippen LogP contribution in [-0.4, -0.2) is 25.7 Å². The number of sulfonamides is 1. The van der Waals surface area contributed by atoms with Gasteiger partial charge in [0.2, 0.25) is 10.0 Å². The lowest BCUT2D eigenvalue weighted by Gasteiger charge is -2.09. The van der Waals surface area contributed by atoms with E-state index >= 15 is 0 Å². The molecule has 2 aromatic rings. The van der Waals surface area contributed by atoms with Crippen molar-refractivity contribution in [1.29, 1.82) is 0 Å². The van der Waals surface area contributed by atoms with Gasteiger partial charge in [-0.3, -0.25) is 14.8 Å². The molecule has 1 N–H and O–H groups in total. The van der Waals surface area contributed by atoms with Crippen molar-refractivity contribution >= 4 is 21.4 Å². The first-order chi connectivity index (χ1) is 10.9. The Balaban J connectivity index is 1.93. The molecule has 0 atom stereocenters.